The second kappa shape index (κ2) is 11.2. The van der Waals surface area contributed by atoms with Crippen molar-refractivity contribution in [1.29, 1.82) is 0 Å². The minimum atomic E-state index is 0.00758. The van der Waals surface area contributed by atoms with Crippen LogP contribution in [-0.4, -0.2) is 78.5 Å². The van der Waals surface area contributed by atoms with E-state index >= 15 is 0 Å². The van der Waals surface area contributed by atoms with E-state index in [0.717, 1.165) is 31.9 Å². The van der Waals surface area contributed by atoms with Crippen LogP contribution in [0, 0.1) is 0 Å². The highest BCUT2D eigenvalue weighted by Gasteiger charge is 2.18. The molecule has 156 valence electrons. The number of nitrogens with one attached hydrogen (secondary N) is 1. The Morgan fingerprint density at radius 3 is 2.93 bits per heavy atom. The zero-order valence-corrected chi connectivity index (χ0v) is 18.1. The summed E-state index contributed by atoms with van der Waals surface area (Å²) in [4.78, 5) is 25.6. The standard InChI is InChI=1S/C19H30ClN5O2S/c1-15-5-2-3-7-24(15)8-4-6-21-18(26)14-28-19-22-16(20)13-17(23-19)25-9-11-27-12-10-25/h13,15H,2-12,14H2,1H3,(H,21,26). The van der Waals surface area contributed by atoms with Crippen molar-refractivity contribution in [3.8, 4) is 0 Å². The molecule has 2 fully saturated rings. The molecule has 2 aliphatic rings. The molecular formula is C19H30ClN5O2S. The van der Waals surface area contributed by atoms with Gasteiger partial charge in [0.15, 0.2) is 5.16 Å². The molecule has 1 amide bonds. The van der Waals surface area contributed by atoms with Crippen molar-refractivity contribution in [2.45, 2.75) is 43.8 Å². The third-order valence-electron chi connectivity index (χ3n) is 5.21. The lowest BCUT2D eigenvalue weighted by molar-refractivity contribution is -0.118. The second-order valence-electron chi connectivity index (χ2n) is 7.30. The number of piperidine rings is 1. The number of likely N-dealkylation sites (tertiary alicyclic amines) is 1. The van der Waals surface area contributed by atoms with E-state index in [9.17, 15) is 4.79 Å². The molecule has 28 heavy (non-hydrogen) atoms. The first-order valence-corrected chi connectivity index (χ1v) is 11.5. The number of carbonyl (C=O) groups excluding carboxylic acids is 1. The van der Waals surface area contributed by atoms with Gasteiger partial charge in [-0.25, -0.2) is 9.97 Å². The molecule has 2 aliphatic heterocycles. The molecule has 1 unspecified atom stereocenters. The summed E-state index contributed by atoms with van der Waals surface area (Å²) in [5, 5.41) is 3.93. The molecule has 0 aliphatic carbocycles. The Bertz CT molecular complexity index is 645. The first-order chi connectivity index (χ1) is 13.6. The number of aromatic nitrogens is 2. The highest BCUT2D eigenvalue weighted by atomic mass is 35.5. The fourth-order valence-electron chi connectivity index (χ4n) is 3.59. The number of rotatable bonds is 8. The van der Waals surface area contributed by atoms with Crippen LogP contribution in [0.2, 0.25) is 5.15 Å². The largest absolute Gasteiger partial charge is 0.378 e. The van der Waals surface area contributed by atoms with Gasteiger partial charge in [0.25, 0.3) is 0 Å². The van der Waals surface area contributed by atoms with Crippen LogP contribution in [0.3, 0.4) is 0 Å². The first-order valence-electron chi connectivity index (χ1n) is 10.1. The number of morpholine rings is 1. The van der Waals surface area contributed by atoms with Gasteiger partial charge in [0, 0.05) is 38.3 Å². The molecule has 9 heteroatoms. The van der Waals surface area contributed by atoms with E-state index in [4.69, 9.17) is 16.3 Å². The molecule has 1 N–H and O–H groups in total. The lowest BCUT2D eigenvalue weighted by atomic mass is 10.0. The average Bonchev–Trinajstić information content (AvgIpc) is 2.71. The number of thioether (sulfide) groups is 1. The molecule has 0 aromatic carbocycles. The number of amides is 1. The van der Waals surface area contributed by atoms with Gasteiger partial charge in [0.1, 0.15) is 11.0 Å². The van der Waals surface area contributed by atoms with E-state index in [2.05, 4.69) is 32.0 Å². The molecular weight excluding hydrogens is 398 g/mol. The average molecular weight is 428 g/mol. The van der Waals surface area contributed by atoms with E-state index in [-0.39, 0.29) is 5.91 Å². The predicted octanol–water partition coefficient (Wildman–Crippen LogP) is 2.44. The molecule has 0 saturated carbocycles. The van der Waals surface area contributed by atoms with Gasteiger partial charge in [-0.2, -0.15) is 0 Å². The third-order valence-corrected chi connectivity index (χ3v) is 6.25. The van der Waals surface area contributed by atoms with Crippen molar-refractivity contribution in [2.75, 3.05) is 56.6 Å². The summed E-state index contributed by atoms with van der Waals surface area (Å²) in [6, 6.07) is 2.43. The number of halogens is 1. The van der Waals surface area contributed by atoms with Gasteiger partial charge in [-0.1, -0.05) is 29.8 Å². The third kappa shape index (κ3) is 6.76. The normalized spacial score (nSPS) is 20.9. The maximum Gasteiger partial charge on any atom is 0.230 e. The fraction of sp³-hybridized carbons (Fsp3) is 0.737. The van der Waals surface area contributed by atoms with Crippen LogP contribution in [0.25, 0.3) is 0 Å². The number of carbonyl (C=O) groups is 1. The quantitative estimate of drug-likeness (QED) is 0.295. The summed E-state index contributed by atoms with van der Waals surface area (Å²) in [5.41, 5.74) is 0. The summed E-state index contributed by atoms with van der Waals surface area (Å²) in [5.74, 6) is 1.10. The van der Waals surface area contributed by atoms with E-state index in [1.165, 1.54) is 37.6 Å². The van der Waals surface area contributed by atoms with Crippen LogP contribution in [-0.2, 0) is 9.53 Å². The monoisotopic (exact) mass is 427 g/mol. The number of hydrogen-bond acceptors (Lipinski definition) is 7. The van der Waals surface area contributed by atoms with Crippen LogP contribution in [0.15, 0.2) is 11.2 Å². The van der Waals surface area contributed by atoms with Gasteiger partial charge in [-0.3, -0.25) is 4.79 Å². The zero-order valence-electron chi connectivity index (χ0n) is 16.5. The zero-order chi connectivity index (χ0) is 19.8. The predicted molar refractivity (Wildman–Crippen MR) is 113 cm³/mol. The van der Waals surface area contributed by atoms with Crippen molar-refractivity contribution < 1.29 is 9.53 Å². The van der Waals surface area contributed by atoms with Gasteiger partial charge < -0.3 is 19.9 Å². The highest BCUT2D eigenvalue weighted by Crippen LogP contribution is 2.22. The Balaban J connectivity index is 1.38. The maximum atomic E-state index is 12.1. The molecule has 3 heterocycles. The second-order valence-corrected chi connectivity index (χ2v) is 8.63. The van der Waals surface area contributed by atoms with Crippen LogP contribution in [0.5, 0.6) is 0 Å². The molecule has 0 radical (unpaired) electrons. The van der Waals surface area contributed by atoms with E-state index in [1.54, 1.807) is 6.07 Å². The first kappa shape index (κ1) is 21.6. The summed E-state index contributed by atoms with van der Waals surface area (Å²) in [7, 11) is 0. The minimum Gasteiger partial charge on any atom is -0.378 e. The molecule has 3 rings (SSSR count). The molecule has 1 aromatic heterocycles. The lowest BCUT2D eigenvalue weighted by Crippen LogP contribution is -2.39. The maximum absolute atomic E-state index is 12.1. The number of nitrogens with zero attached hydrogens (tertiary/aromatic N) is 4. The van der Waals surface area contributed by atoms with Crippen molar-refractivity contribution in [2.24, 2.45) is 0 Å². The molecule has 1 aromatic rings. The van der Waals surface area contributed by atoms with E-state index in [0.29, 0.717) is 41.9 Å². The molecule has 0 bridgehead atoms. The SMILES string of the molecule is CC1CCCCN1CCCNC(=O)CSc1nc(Cl)cc(N2CCOCC2)n1. The van der Waals surface area contributed by atoms with Crippen molar-refractivity contribution in [3.63, 3.8) is 0 Å². The minimum absolute atomic E-state index is 0.00758. The summed E-state index contributed by atoms with van der Waals surface area (Å²) in [6.07, 6.45) is 4.90. The van der Waals surface area contributed by atoms with Crippen LogP contribution < -0.4 is 10.2 Å². The summed E-state index contributed by atoms with van der Waals surface area (Å²) in [6.45, 7) is 8.17. The molecule has 7 nitrogen and oxygen atoms in total. The van der Waals surface area contributed by atoms with Gasteiger partial charge in [-0.05, 0) is 32.7 Å². The summed E-state index contributed by atoms with van der Waals surface area (Å²) >= 11 is 7.47. The topological polar surface area (TPSA) is 70.6 Å². The highest BCUT2D eigenvalue weighted by molar-refractivity contribution is 7.99. The summed E-state index contributed by atoms with van der Waals surface area (Å²) < 4.78 is 5.37. The van der Waals surface area contributed by atoms with Gasteiger partial charge in [0.2, 0.25) is 5.91 Å². The van der Waals surface area contributed by atoms with Gasteiger partial charge in [0.05, 0.1) is 19.0 Å². The van der Waals surface area contributed by atoms with E-state index in [1.807, 2.05) is 0 Å². The Morgan fingerprint density at radius 2 is 2.14 bits per heavy atom. The van der Waals surface area contributed by atoms with Crippen LogP contribution in [0.4, 0.5) is 5.82 Å². The number of ether oxygens (including phenoxy) is 1. The molecule has 2 saturated heterocycles. The van der Waals surface area contributed by atoms with Crippen LogP contribution in [0.1, 0.15) is 32.6 Å². The van der Waals surface area contributed by atoms with E-state index < -0.39 is 0 Å². The molecule has 1 atom stereocenters. The van der Waals surface area contributed by atoms with Crippen molar-refractivity contribution >= 4 is 35.1 Å². The smallest absolute Gasteiger partial charge is 0.230 e. The molecule has 0 spiro atoms. The Kier molecular flexibility index (Phi) is 8.64. The van der Waals surface area contributed by atoms with Gasteiger partial charge in [-0.15, -0.1) is 0 Å². The Hall–Kier alpha value is -1.09. The number of hydrogen-bond donors (Lipinski definition) is 1. The lowest BCUT2D eigenvalue weighted by Gasteiger charge is -2.33. The fourth-order valence-corrected chi connectivity index (χ4v) is 4.50. The van der Waals surface area contributed by atoms with Gasteiger partial charge >= 0.3 is 0 Å². The van der Waals surface area contributed by atoms with Crippen molar-refractivity contribution in [1.82, 2.24) is 20.2 Å². The Morgan fingerprint density at radius 1 is 1.32 bits per heavy atom. The number of anilines is 1. The van der Waals surface area contributed by atoms with Crippen molar-refractivity contribution in [3.05, 3.63) is 11.2 Å². The Labute approximate surface area is 176 Å². The van der Waals surface area contributed by atoms with Crippen LogP contribution >= 0.6 is 23.4 Å².